The largest absolute Gasteiger partial charge is 0.444 e. The fraction of sp³-hybridized carbons (Fsp3) is 0.692. The number of nitrogens with one attached hydrogen (secondary N) is 1. The smallest absolute Gasteiger partial charge is 0.407 e. The van der Waals surface area contributed by atoms with Crippen molar-refractivity contribution in [2.45, 2.75) is 32.8 Å². The molecule has 1 rings (SSSR count). The van der Waals surface area contributed by atoms with Gasteiger partial charge >= 0.3 is 6.09 Å². The molecule has 0 spiro atoms. The lowest BCUT2D eigenvalue weighted by atomic mass is 10.1. The van der Waals surface area contributed by atoms with Crippen molar-refractivity contribution < 1.29 is 14.3 Å². The molecule has 18 heavy (non-hydrogen) atoms. The lowest BCUT2D eigenvalue weighted by Gasteiger charge is -2.21. The highest BCUT2D eigenvalue weighted by molar-refractivity contribution is 5.79. The molecular weight excluding hydrogens is 232 g/mol. The third kappa shape index (κ3) is 4.66. The highest BCUT2D eigenvalue weighted by Crippen LogP contribution is 2.15. The molecule has 1 N–H and O–H groups in total. The van der Waals surface area contributed by atoms with E-state index in [0.29, 0.717) is 26.1 Å². The molecule has 1 fully saturated rings. The number of alkyl carbamates (subject to hydrolysis) is 1. The molecule has 100 valence electrons. The van der Waals surface area contributed by atoms with Crippen molar-refractivity contribution in [1.29, 1.82) is 0 Å². The molecular formula is C13H20N2O3. The van der Waals surface area contributed by atoms with Gasteiger partial charge in [-0.05, 0) is 20.8 Å². The van der Waals surface area contributed by atoms with Crippen LogP contribution < -0.4 is 5.32 Å². The van der Waals surface area contributed by atoms with Crippen LogP contribution in [-0.2, 0) is 9.53 Å². The fourth-order valence-corrected chi connectivity index (χ4v) is 1.71. The summed E-state index contributed by atoms with van der Waals surface area (Å²) >= 11 is 0. The topological polar surface area (TPSA) is 58.6 Å². The van der Waals surface area contributed by atoms with E-state index in [1.54, 1.807) is 25.7 Å². The van der Waals surface area contributed by atoms with Gasteiger partial charge in [-0.25, -0.2) is 4.79 Å². The van der Waals surface area contributed by atoms with Gasteiger partial charge in [0.2, 0.25) is 5.91 Å². The fourth-order valence-electron chi connectivity index (χ4n) is 1.71. The second-order valence-electron chi connectivity index (χ2n) is 5.34. The number of amides is 2. The molecule has 0 saturated carbocycles. The van der Waals surface area contributed by atoms with Gasteiger partial charge in [-0.2, -0.15) is 0 Å². The average molecular weight is 252 g/mol. The monoisotopic (exact) mass is 252 g/mol. The Bertz CT molecular complexity index is 365. The van der Waals surface area contributed by atoms with Gasteiger partial charge in [-0.15, -0.1) is 12.3 Å². The third-order valence-corrected chi connectivity index (χ3v) is 2.50. The van der Waals surface area contributed by atoms with Gasteiger partial charge in [0.25, 0.3) is 0 Å². The van der Waals surface area contributed by atoms with E-state index in [1.165, 1.54) is 0 Å². The molecule has 1 heterocycles. The summed E-state index contributed by atoms with van der Waals surface area (Å²) in [6, 6.07) is 0. The molecule has 0 bridgehead atoms. The van der Waals surface area contributed by atoms with E-state index in [0.717, 1.165) is 0 Å². The SMILES string of the molecule is C#CC1CC(=O)N(CCNC(=O)OC(C)(C)C)C1. The number of carbonyl (C=O) groups is 2. The minimum atomic E-state index is -0.512. The number of hydrogen-bond acceptors (Lipinski definition) is 3. The zero-order valence-electron chi connectivity index (χ0n) is 11.2. The molecule has 1 unspecified atom stereocenters. The Labute approximate surface area is 108 Å². The number of ether oxygens (including phenoxy) is 1. The lowest BCUT2D eigenvalue weighted by Crippen LogP contribution is -2.38. The molecule has 5 nitrogen and oxygen atoms in total. The Morgan fingerprint density at radius 2 is 2.28 bits per heavy atom. The van der Waals surface area contributed by atoms with E-state index >= 15 is 0 Å². The standard InChI is InChI=1S/C13H20N2O3/c1-5-10-8-11(16)15(9-10)7-6-14-12(17)18-13(2,3)4/h1,10H,6-9H2,2-4H3,(H,14,17). The van der Waals surface area contributed by atoms with Crippen LogP contribution in [0.1, 0.15) is 27.2 Å². The summed E-state index contributed by atoms with van der Waals surface area (Å²) in [4.78, 5) is 24.6. The lowest BCUT2D eigenvalue weighted by molar-refractivity contribution is -0.127. The average Bonchev–Trinajstić information content (AvgIpc) is 2.57. The summed E-state index contributed by atoms with van der Waals surface area (Å²) in [5.74, 6) is 2.62. The maximum atomic E-state index is 11.5. The van der Waals surface area contributed by atoms with Crippen molar-refractivity contribution in [3.05, 3.63) is 0 Å². The zero-order chi connectivity index (χ0) is 13.8. The number of nitrogens with zero attached hydrogens (tertiary/aromatic N) is 1. The van der Waals surface area contributed by atoms with Gasteiger partial charge in [0.15, 0.2) is 0 Å². The first-order chi connectivity index (χ1) is 8.31. The number of likely N-dealkylation sites (tertiary alicyclic amines) is 1. The van der Waals surface area contributed by atoms with Gasteiger partial charge < -0.3 is 15.0 Å². The van der Waals surface area contributed by atoms with Crippen LogP contribution in [-0.4, -0.2) is 42.1 Å². The van der Waals surface area contributed by atoms with Gasteiger partial charge in [0.1, 0.15) is 5.60 Å². The Hall–Kier alpha value is -1.70. The van der Waals surface area contributed by atoms with Crippen LogP contribution in [0.4, 0.5) is 4.79 Å². The number of terminal acetylenes is 1. The second kappa shape index (κ2) is 5.76. The quantitative estimate of drug-likeness (QED) is 0.762. The maximum Gasteiger partial charge on any atom is 0.407 e. The van der Waals surface area contributed by atoms with Crippen molar-refractivity contribution in [2.24, 2.45) is 5.92 Å². The first-order valence-corrected chi connectivity index (χ1v) is 6.02. The molecule has 2 amide bonds. The predicted molar refractivity (Wildman–Crippen MR) is 67.8 cm³/mol. The minimum absolute atomic E-state index is 0.000901. The van der Waals surface area contributed by atoms with Crippen LogP contribution in [0.15, 0.2) is 0 Å². The maximum absolute atomic E-state index is 11.5. The van der Waals surface area contributed by atoms with E-state index in [9.17, 15) is 9.59 Å². The first kappa shape index (κ1) is 14.4. The molecule has 0 aromatic rings. The third-order valence-electron chi connectivity index (χ3n) is 2.50. The van der Waals surface area contributed by atoms with Crippen LogP contribution in [0.5, 0.6) is 0 Å². The normalized spacial score (nSPS) is 19.6. The molecule has 1 aliphatic heterocycles. The van der Waals surface area contributed by atoms with Crippen LogP contribution in [0.3, 0.4) is 0 Å². The summed E-state index contributed by atoms with van der Waals surface area (Å²) in [6.45, 7) is 6.82. The zero-order valence-corrected chi connectivity index (χ0v) is 11.2. The molecule has 0 aromatic carbocycles. The van der Waals surface area contributed by atoms with E-state index in [-0.39, 0.29) is 11.8 Å². The van der Waals surface area contributed by atoms with Crippen molar-refractivity contribution in [2.75, 3.05) is 19.6 Å². The van der Waals surface area contributed by atoms with Crippen LogP contribution >= 0.6 is 0 Å². The van der Waals surface area contributed by atoms with Crippen LogP contribution in [0.25, 0.3) is 0 Å². The van der Waals surface area contributed by atoms with Crippen molar-refractivity contribution in [1.82, 2.24) is 10.2 Å². The molecule has 0 aliphatic carbocycles. The van der Waals surface area contributed by atoms with Gasteiger partial charge in [0, 0.05) is 32.0 Å². The molecule has 0 aromatic heterocycles. The summed E-state index contributed by atoms with van der Waals surface area (Å²) in [7, 11) is 0. The summed E-state index contributed by atoms with van der Waals surface area (Å²) in [6.07, 6.45) is 5.22. The Morgan fingerprint density at radius 3 is 2.78 bits per heavy atom. The summed E-state index contributed by atoms with van der Waals surface area (Å²) in [5, 5.41) is 2.61. The first-order valence-electron chi connectivity index (χ1n) is 6.02. The number of carbonyl (C=O) groups excluding carboxylic acids is 2. The van der Waals surface area contributed by atoms with Crippen LogP contribution in [0.2, 0.25) is 0 Å². The van der Waals surface area contributed by atoms with E-state index in [1.807, 2.05) is 0 Å². The van der Waals surface area contributed by atoms with Crippen molar-refractivity contribution in [3.63, 3.8) is 0 Å². The van der Waals surface area contributed by atoms with Gasteiger partial charge in [0.05, 0.1) is 0 Å². The Kier molecular flexibility index (Phi) is 4.60. The predicted octanol–water partition coefficient (Wildman–Crippen LogP) is 0.993. The van der Waals surface area contributed by atoms with E-state index < -0.39 is 11.7 Å². The minimum Gasteiger partial charge on any atom is -0.444 e. The Balaban J connectivity index is 2.25. The molecule has 5 heteroatoms. The van der Waals surface area contributed by atoms with Gasteiger partial charge in [-0.1, -0.05) is 0 Å². The molecule has 1 aliphatic rings. The van der Waals surface area contributed by atoms with E-state index in [2.05, 4.69) is 11.2 Å². The number of rotatable bonds is 3. The number of hydrogen-bond donors (Lipinski definition) is 1. The summed E-state index contributed by atoms with van der Waals surface area (Å²) in [5.41, 5.74) is -0.512. The molecule has 0 radical (unpaired) electrons. The summed E-state index contributed by atoms with van der Waals surface area (Å²) < 4.78 is 5.09. The van der Waals surface area contributed by atoms with Crippen LogP contribution in [0, 0.1) is 18.3 Å². The van der Waals surface area contributed by atoms with Gasteiger partial charge in [-0.3, -0.25) is 4.79 Å². The highest BCUT2D eigenvalue weighted by atomic mass is 16.6. The van der Waals surface area contributed by atoms with Crippen molar-refractivity contribution >= 4 is 12.0 Å². The Morgan fingerprint density at radius 1 is 1.61 bits per heavy atom. The molecule has 1 atom stereocenters. The second-order valence-corrected chi connectivity index (χ2v) is 5.34. The van der Waals surface area contributed by atoms with Crippen molar-refractivity contribution in [3.8, 4) is 12.3 Å². The molecule has 1 saturated heterocycles. The highest BCUT2D eigenvalue weighted by Gasteiger charge is 2.27. The van der Waals surface area contributed by atoms with E-state index in [4.69, 9.17) is 11.2 Å².